The zero-order valence-corrected chi connectivity index (χ0v) is 13.4. The number of sulfone groups is 1. The Hall–Kier alpha value is -0.390. The topological polar surface area (TPSA) is 46.2 Å². The molecule has 0 saturated carbocycles. The molecule has 0 bridgehead atoms. The monoisotopic (exact) mass is 289 g/mol. The Morgan fingerprint density at radius 3 is 2.39 bits per heavy atom. The van der Waals surface area contributed by atoms with Crippen LogP contribution in [0.1, 0.15) is 41.6 Å². The van der Waals surface area contributed by atoms with Gasteiger partial charge in [-0.2, -0.15) is 0 Å². The first kappa shape index (κ1) is 15.7. The Morgan fingerprint density at radius 2 is 2.00 bits per heavy atom. The second-order valence-corrected chi connectivity index (χ2v) is 8.70. The number of rotatable bonds is 6. The lowest BCUT2D eigenvalue weighted by Gasteiger charge is -2.24. The van der Waals surface area contributed by atoms with E-state index in [2.05, 4.69) is 32.2 Å². The van der Waals surface area contributed by atoms with E-state index in [4.69, 9.17) is 0 Å². The lowest BCUT2D eigenvalue weighted by molar-refractivity contribution is 0.500. The maximum absolute atomic E-state index is 11.8. The van der Waals surface area contributed by atoms with Crippen molar-refractivity contribution >= 4 is 21.2 Å². The molecule has 1 aromatic rings. The summed E-state index contributed by atoms with van der Waals surface area (Å²) < 4.78 is 23.6. The number of nitrogens with one attached hydrogen (secondary N) is 1. The van der Waals surface area contributed by atoms with Crippen LogP contribution in [0.15, 0.2) is 6.07 Å². The molecule has 5 heteroatoms. The summed E-state index contributed by atoms with van der Waals surface area (Å²) in [6.07, 6.45) is 2.31. The minimum absolute atomic E-state index is 0.107. The Morgan fingerprint density at radius 1 is 1.39 bits per heavy atom. The van der Waals surface area contributed by atoms with Crippen molar-refractivity contribution in [3.8, 4) is 0 Å². The van der Waals surface area contributed by atoms with Crippen molar-refractivity contribution in [3.63, 3.8) is 0 Å². The third-order valence-corrected chi connectivity index (χ3v) is 5.78. The van der Waals surface area contributed by atoms with Crippen molar-refractivity contribution in [1.29, 1.82) is 0 Å². The summed E-state index contributed by atoms with van der Waals surface area (Å²) in [6, 6.07) is 2.00. The molecule has 0 radical (unpaired) electrons. The van der Waals surface area contributed by atoms with Gasteiger partial charge in [-0.05, 0) is 45.4 Å². The van der Waals surface area contributed by atoms with Crippen LogP contribution in [0.5, 0.6) is 0 Å². The maximum Gasteiger partial charge on any atom is 0.151 e. The Bertz CT molecular complexity index is 491. The highest BCUT2D eigenvalue weighted by molar-refractivity contribution is 7.91. The first-order valence-electron chi connectivity index (χ1n) is 6.26. The van der Waals surface area contributed by atoms with Crippen LogP contribution in [0, 0.1) is 13.8 Å². The van der Waals surface area contributed by atoms with Gasteiger partial charge in [0.2, 0.25) is 0 Å². The van der Waals surface area contributed by atoms with Crippen molar-refractivity contribution in [3.05, 3.63) is 21.4 Å². The average Bonchev–Trinajstić information content (AvgIpc) is 2.57. The molecule has 0 aliphatic rings. The lowest BCUT2D eigenvalue weighted by atomic mass is 10.0. The Balaban J connectivity index is 3.09. The van der Waals surface area contributed by atoms with E-state index in [-0.39, 0.29) is 6.04 Å². The fourth-order valence-corrected chi connectivity index (χ4v) is 3.74. The Kier molecular flexibility index (Phi) is 5.37. The van der Waals surface area contributed by atoms with Gasteiger partial charge in [-0.3, -0.25) is 0 Å². The number of thiophene rings is 1. The van der Waals surface area contributed by atoms with Gasteiger partial charge in [0, 0.05) is 22.1 Å². The van der Waals surface area contributed by atoms with Crippen molar-refractivity contribution in [2.75, 3.05) is 12.8 Å². The lowest BCUT2D eigenvalue weighted by Crippen LogP contribution is -2.35. The highest BCUT2D eigenvalue weighted by atomic mass is 32.2. The first-order chi connectivity index (χ1) is 8.27. The van der Waals surface area contributed by atoms with Crippen LogP contribution < -0.4 is 5.32 Å². The molecule has 1 aromatic heterocycles. The molecule has 0 fully saturated rings. The van der Waals surface area contributed by atoms with E-state index < -0.39 is 15.1 Å². The molecule has 0 aromatic carbocycles. The molecule has 3 nitrogen and oxygen atoms in total. The summed E-state index contributed by atoms with van der Waals surface area (Å²) in [6.45, 7) is 8.82. The summed E-state index contributed by atoms with van der Waals surface area (Å²) in [5.41, 5.74) is 1.13. The molecule has 0 saturated heterocycles. The molecule has 18 heavy (non-hydrogen) atoms. The molecule has 0 aliphatic carbocycles. The predicted molar refractivity (Wildman–Crippen MR) is 79.1 cm³/mol. The van der Waals surface area contributed by atoms with Crippen LogP contribution in [0.25, 0.3) is 0 Å². The van der Waals surface area contributed by atoms with Crippen LogP contribution in [-0.2, 0) is 9.84 Å². The molecule has 0 aliphatic heterocycles. The summed E-state index contributed by atoms with van der Waals surface area (Å²) >= 11 is 1.72. The molecule has 1 N–H and O–H groups in total. The molecule has 1 heterocycles. The van der Waals surface area contributed by atoms with Gasteiger partial charge in [-0.25, -0.2) is 8.42 Å². The van der Waals surface area contributed by atoms with Crippen LogP contribution in [0.4, 0.5) is 0 Å². The summed E-state index contributed by atoms with van der Waals surface area (Å²) in [4.78, 5) is 2.43. The highest BCUT2D eigenvalue weighted by Crippen LogP contribution is 2.30. The van der Waals surface area contributed by atoms with Gasteiger partial charge in [0.15, 0.2) is 9.84 Å². The van der Waals surface area contributed by atoms with E-state index in [0.717, 1.165) is 18.5 Å². The van der Waals surface area contributed by atoms with Gasteiger partial charge in [-0.1, -0.05) is 6.92 Å². The maximum atomic E-state index is 11.8. The summed E-state index contributed by atoms with van der Waals surface area (Å²) in [5.74, 6) is 0. The second-order valence-electron chi connectivity index (χ2n) is 4.84. The Labute approximate surface area is 115 Å². The SMILES string of the molecule is CCCNC(c1cc(C)sc1C)C(C)S(C)(=O)=O. The predicted octanol–water partition coefficient (Wildman–Crippen LogP) is 2.84. The van der Waals surface area contributed by atoms with E-state index in [0.29, 0.717) is 0 Å². The standard InChI is InChI=1S/C13H23NO2S2/c1-6-7-14-13(11(4)18(5,15)16)12-8-9(2)17-10(12)3/h8,11,13-14H,6-7H2,1-5H3. The second kappa shape index (κ2) is 6.17. The third kappa shape index (κ3) is 3.80. The average molecular weight is 289 g/mol. The van der Waals surface area contributed by atoms with Crippen LogP contribution in [0.3, 0.4) is 0 Å². The molecular weight excluding hydrogens is 266 g/mol. The zero-order valence-electron chi connectivity index (χ0n) is 11.8. The van der Waals surface area contributed by atoms with Gasteiger partial charge >= 0.3 is 0 Å². The normalized spacial score (nSPS) is 15.6. The van der Waals surface area contributed by atoms with Gasteiger partial charge < -0.3 is 5.32 Å². The van der Waals surface area contributed by atoms with E-state index in [1.54, 1.807) is 18.3 Å². The zero-order chi connectivity index (χ0) is 13.9. The van der Waals surface area contributed by atoms with Gasteiger partial charge in [0.1, 0.15) is 0 Å². The molecule has 0 amide bonds. The molecular formula is C13H23NO2S2. The van der Waals surface area contributed by atoms with Crippen molar-refractivity contribution < 1.29 is 8.42 Å². The minimum Gasteiger partial charge on any atom is -0.309 e. The van der Waals surface area contributed by atoms with Gasteiger partial charge in [-0.15, -0.1) is 11.3 Å². The minimum atomic E-state index is -3.05. The quantitative estimate of drug-likeness (QED) is 0.876. The molecule has 2 atom stereocenters. The first-order valence-corrected chi connectivity index (χ1v) is 9.03. The van der Waals surface area contributed by atoms with Gasteiger partial charge in [0.25, 0.3) is 0 Å². The van der Waals surface area contributed by atoms with E-state index in [9.17, 15) is 8.42 Å². The van der Waals surface area contributed by atoms with E-state index in [1.807, 2.05) is 0 Å². The van der Waals surface area contributed by atoms with Gasteiger partial charge in [0.05, 0.1) is 5.25 Å². The van der Waals surface area contributed by atoms with Crippen LogP contribution >= 0.6 is 11.3 Å². The fourth-order valence-electron chi connectivity index (χ4n) is 2.04. The molecule has 1 rings (SSSR count). The number of hydrogen-bond acceptors (Lipinski definition) is 4. The number of hydrogen-bond donors (Lipinski definition) is 1. The van der Waals surface area contributed by atoms with E-state index >= 15 is 0 Å². The third-order valence-electron chi connectivity index (χ3n) is 3.17. The molecule has 0 spiro atoms. The molecule has 104 valence electrons. The summed E-state index contributed by atoms with van der Waals surface area (Å²) in [5, 5.41) is 2.97. The van der Waals surface area contributed by atoms with Crippen molar-refractivity contribution in [2.45, 2.75) is 45.4 Å². The number of aryl methyl sites for hydroxylation is 2. The smallest absolute Gasteiger partial charge is 0.151 e. The van der Waals surface area contributed by atoms with Crippen LogP contribution in [0.2, 0.25) is 0 Å². The van der Waals surface area contributed by atoms with Crippen molar-refractivity contribution in [2.24, 2.45) is 0 Å². The fraction of sp³-hybridized carbons (Fsp3) is 0.692. The summed E-state index contributed by atoms with van der Waals surface area (Å²) in [7, 11) is -3.05. The van der Waals surface area contributed by atoms with Crippen molar-refractivity contribution in [1.82, 2.24) is 5.32 Å². The highest BCUT2D eigenvalue weighted by Gasteiger charge is 2.28. The van der Waals surface area contributed by atoms with Crippen LogP contribution in [-0.4, -0.2) is 26.5 Å². The van der Waals surface area contributed by atoms with E-state index in [1.165, 1.54) is 16.0 Å². The largest absolute Gasteiger partial charge is 0.309 e. The molecule has 2 unspecified atom stereocenters.